The lowest BCUT2D eigenvalue weighted by Crippen LogP contribution is -2.24. The maximum atomic E-state index is 13.2. The number of fused-ring (bicyclic) bond motifs is 1. The average molecular weight is 453 g/mol. The Bertz CT molecular complexity index is 1530. The first-order valence-electron chi connectivity index (χ1n) is 11.0. The quantitative estimate of drug-likeness (QED) is 0.413. The highest BCUT2D eigenvalue weighted by atomic mass is 16.2. The first-order valence-corrected chi connectivity index (χ1v) is 11.0. The highest BCUT2D eigenvalue weighted by Crippen LogP contribution is 2.23. The molecule has 8 nitrogen and oxygen atoms in total. The number of rotatable bonds is 6. The monoisotopic (exact) mass is 452 g/mol. The van der Waals surface area contributed by atoms with E-state index in [1.165, 1.54) is 4.68 Å². The van der Waals surface area contributed by atoms with E-state index in [0.717, 1.165) is 22.4 Å². The predicted molar refractivity (Wildman–Crippen MR) is 130 cm³/mol. The fraction of sp³-hybridized carbons (Fsp3) is 0.154. The van der Waals surface area contributed by atoms with Gasteiger partial charge < -0.3 is 5.32 Å². The van der Waals surface area contributed by atoms with Crippen LogP contribution in [0.4, 0.5) is 0 Å². The van der Waals surface area contributed by atoms with Crippen molar-refractivity contribution in [3.8, 4) is 11.3 Å². The zero-order chi connectivity index (χ0) is 23.7. The maximum Gasteiger partial charge on any atom is 0.274 e. The Kier molecular flexibility index (Phi) is 5.55. The number of H-pyrrole nitrogens is 1. The van der Waals surface area contributed by atoms with Crippen LogP contribution in [-0.2, 0) is 20.1 Å². The number of carbonyl (C=O) groups excluding carboxylic acids is 1. The van der Waals surface area contributed by atoms with Crippen molar-refractivity contribution in [3.05, 3.63) is 106 Å². The minimum absolute atomic E-state index is 0.269. The number of nitrogens with zero attached hydrogens (tertiary/aromatic N) is 4. The number of nitrogens with one attached hydrogen (secondary N) is 2. The molecular formula is C26H24N6O2. The first kappa shape index (κ1) is 21.4. The van der Waals surface area contributed by atoms with Gasteiger partial charge in [0.2, 0.25) is 0 Å². The van der Waals surface area contributed by atoms with Gasteiger partial charge in [-0.05, 0) is 18.6 Å². The summed E-state index contributed by atoms with van der Waals surface area (Å²) in [6, 6.07) is 21.6. The number of benzene rings is 2. The number of aryl methyl sites for hydroxylation is 2. The summed E-state index contributed by atoms with van der Waals surface area (Å²) in [7, 11) is 1.70. The lowest BCUT2D eigenvalue weighted by molar-refractivity contribution is 0.0952. The van der Waals surface area contributed by atoms with E-state index in [2.05, 4.69) is 27.5 Å². The molecule has 2 N–H and O–H groups in total. The summed E-state index contributed by atoms with van der Waals surface area (Å²) in [6.07, 6.45) is 1.96. The van der Waals surface area contributed by atoms with Crippen LogP contribution in [-0.4, -0.2) is 30.5 Å². The summed E-state index contributed by atoms with van der Waals surface area (Å²) in [5.74, 6) is -0.331. The SMILES string of the molecule is Cc1cc(C(=O)NCc2cn(Cc3ccccc3)nc2-c2ccccc2)c2c(=O)[nH]n(C)c2n1. The molecule has 0 spiro atoms. The van der Waals surface area contributed by atoms with E-state index < -0.39 is 0 Å². The van der Waals surface area contributed by atoms with Crippen LogP contribution in [0.2, 0.25) is 0 Å². The van der Waals surface area contributed by atoms with Crippen molar-refractivity contribution in [3.63, 3.8) is 0 Å². The van der Waals surface area contributed by atoms with Gasteiger partial charge in [-0.15, -0.1) is 0 Å². The molecule has 3 aromatic heterocycles. The molecule has 0 saturated heterocycles. The van der Waals surface area contributed by atoms with Crippen molar-refractivity contribution in [2.45, 2.75) is 20.0 Å². The molecule has 5 rings (SSSR count). The highest BCUT2D eigenvalue weighted by molar-refractivity contribution is 6.05. The molecule has 0 aliphatic carbocycles. The standard InChI is InChI=1S/C26H24N6O2/c1-17-13-21(22-24(28-17)31(2)30-26(22)34)25(33)27-14-20-16-32(15-18-9-5-3-6-10-18)29-23(20)19-11-7-4-8-12-19/h3-13,16H,14-15H2,1-2H3,(H,27,33)(H,30,34). The minimum Gasteiger partial charge on any atom is -0.348 e. The van der Waals surface area contributed by atoms with Crippen LogP contribution in [0.5, 0.6) is 0 Å². The average Bonchev–Trinajstić information content (AvgIpc) is 3.38. The molecule has 2 aromatic carbocycles. The van der Waals surface area contributed by atoms with E-state index in [1.807, 2.05) is 59.4 Å². The normalized spacial score (nSPS) is 11.1. The van der Waals surface area contributed by atoms with Gasteiger partial charge in [0.05, 0.1) is 23.2 Å². The molecule has 3 heterocycles. The molecule has 0 saturated carbocycles. The topological polar surface area (TPSA) is 97.6 Å². The van der Waals surface area contributed by atoms with Crippen LogP contribution in [0.1, 0.15) is 27.2 Å². The van der Waals surface area contributed by atoms with Crippen LogP contribution >= 0.6 is 0 Å². The predicted octanol–water partition coefficient (Wildman–Crippen LogP) is 3.41. The van der Waals surface area contributed by atoms with Gasteiger partial charge >= 0.3 is 0 Å². The third kappa shape index (κ3) is 4.13. The Hall–Kier alpha value is -4.46. The van der Waals surface area contributed by atoms with Gasteiger partial charge in [0.25, 0.3) is 11.5 Å². The third-order valence-corrected chi connectivity index (χ3v) is 5.70. The number of hydrogen-bond donors (Lipinski definition) is 2. The van der Waals surface area contributed by atoms with E-state index in [9.17, 15) is 9.59 Å². The number of hydrogen-bond acceptors (Lipinski definition) is 4. The zero-order valence-electron chi connectivity index (χ0n) is 18.9. The van der Waals surface area contributed by atoms with Gasteiger partial charge in [-0.1, -0.05) is 60.7 Å². The Morgan fingerprint density at radius 1 is 1.06 bits per heavy atom. The Morgan fingerprint density at radius 3 is 2.50 bits per heavy atom. The van der Waals surface area contributed by atoms with Crippen molar-refractivity contribution in [1.82, 2.24) is 29.9 Å². The number of aromatic nitrogens is 5. The zero-order valence-corrected chi connectivity index (χ0v) is 18.9. The molecule has 170 valence electrons. The summed E-state index contributed by atoms with van der Waals surface area (Å²) in [5, 5.41) is 10.7. The summed E-state index contributed by atoms with van der Waals surface area (Å²) in [6.45, 7) is 2.69. The summed E-state index contributed by atoms with van der Waals surface area (Å²) in [5.41, 5.74) is 4.89. The van der Waals surface area contributed by atoms with Crippen LogP contribution < -0.4 is 10.9 Å². The molecule has 0 bridgehead atoms. The summed E-state index contributed by atoms with van der Waals surface area (Å²) in [4.78, 5) is 30.0. The third-order valence-electron chi connectivity index (χ3n) is 5.70. The molecule has 0 radical (unpaired) electrons. The van der Waals surface area contributed by atoms with Gasteiger partial charge in [0, 0.05) is 36.6 Å². The van der Waals surface area contributed by atoms with Crippen molar-refractivity contribution in [1.29, 1.82) is 0 Å². The smallest absolute Gasteiger partial charge is 0.274 e. The van der Waals surface area contributed by atoms with Gasteiger partial charge in [-0.2, -0.15) is 5.10 Å². The number of carbonyl (C=O) groups is 1. The second-order valence-corrected chi connectivity index (χ2v) is 8.24. The van der Waals surface area contributed by atoms with Crippen molar-refractivity contribution in [2.24, 2.45) is 7.05 Å². The number of aromatic amines is 1. The molecule has 0 aliphatic rings. The van der Waals surface area contributed by atoms with Gasteiger partial charge in [-0.3, -0.25) is 24.1 Å². The lowest BCUT2D eigenvalue weighted by atomic mass is 10.1. The van der Waals surface area contributed by atoms with Crippen LogP contribution in [0.15, 0.2) is 77.7 Å². The second-order valence-electron chi connectivity index (χ2n) is 8.24. The van der Waals surface area contributed by atoms with Crippen molar-refractivity contribution >= 4 is 16.9 Å². The fourth-order valence-corrected chi connectivity index (χ4v) is 4.12. The number of amides is 1. The highest BCUT2D eigenvalue weighted by Gasteiger charge is 2.19. The Balaban J connectivity index is 1.46. The van der Waals surface area contributed by atoms with E-state index >= 15 is 0 Å². The molecule has 0 fully saturated rings. The molecule has 5 aromatic rings. The Labute approximate surface area is 195 Å². The Morgan fingerprint density at radius 2 is 1.76 bits per heavy atom. The summed E-state index contributed by atoms with van der Waals surface area (Å²) < 4.78 is 3.42. The molecule has 34 heavy (non-hydrogen) atoms. The maximum absolute atomic E-state index is 13.2. The summed E-state index contributed by atoms with van der Waals surface area (Å²) >= 11 is 0. The molecule has 8 heteroatoms. The largest absolute Gasteiger partial charge is 0.348 e. The van der Waals surface area contributed by atoms with Crippen LogP contribution in [0.3, 0.4) is 0 Å². The molecule has 0 aliphatic heterocycles. The molecule has 0 atom stereocenters. The van der Waals surface area contributed by atoms with E-state index in [4.69, 9.17) is 5.10 Å². The lowest BCUT2D eigenvalue weighted by Gasteiger charge is -2.07. The van der Waals surface area contributed by atoms with E-state index in [-0.39, 0.29) is 23.4 Å². The van der Waals surface area contributed by atoms with Crippen molar-refractivity contribution < 1.29 is 4.79 Å². The fourth-order valence-electron chi connectivity index (χ4n) is 4.12. The van der Waals surface area contributed by atoms with Gasteiger partial charge in [0.1, 0.15) is 0 Å². The number of pyridine rings is 1. The second kappa shape index (κ2) is 8.82. The first-order chi connectivity index (χ1) is 16.5. The van der Waals surface area contributed by atoms with Gasteiger partial charge in [-0.25, -0.2) is 4.98 Å². The van der Waals surface area contributed by atoms with Crippen LogP contribution in [0, 0.1) is 6.92 Å². The van der Waals surface area contributed by atoms with E-state index in [1.54, 1.807) is 20.0 Å². The molecular weight excluding hydrogens is 428 g/mol. The van der Waals surface area contributed by atoms with Crippen molar-refractivity contribution in [2.75, 3.05) is 0 Å². The molecule has 1 amide bonds. The van der Waals surface area contributed by atoms with E-state index in [0.29, 0.717) is 23.4 Å². The molecule has 0 unspecified atom stereocenters. The minimum atomic E-state index is -0.337. The van der Waals surface area contributed by atoms with Crippen LogP contribution in [0.25, 0.3) is 22.3 Å². The van der Waals surface area contributed by atoms with Gasteiger partial charge in [0.15, 0.2) is 5.65 Å².